The van der Waals surface area contributed by atoms with Crippen LogP contribution in [0.5, 0.6) is 0 Å². The highest BCUT2D eigenvalue weighted by Gasteiger charge is 2.24. The molecule has 0 radical (unpaired) electrons. The third-order valence-electron chi connectivity index (χ3n) is 1.04. The summed E-state index contributed by atoms with van der Waals surface area (Å²) < 4.78 is 43.4. The zero-order valence-corrected chi connectivity index (χ0v) is 5.60. The topological polar surface area (TPSA) is 21.8 Å². The highest BCUT2D eigenvalue weighted by Crippen LogP contribution is 2.16. The van der Waals surface area contributed by atoms with Gasteiger partial charge in [-0.15, -0.1) is 0 Å². The maximum absolute atomic E-state index is 11.4. The Morgan fingerprint density at radius 1 is 1.55 bits per heavy atom. The molecular weight excluding hydrogens is 161 g/mol. The monoisotopic (exact) mass is 168 g/mol. The predicted molar refractivity (Wildman–Crippen MR) is 30.9 cm³/mol. The van der Waals surface area contributed by atoms with E-state index < -0.39 is 6.18 Å². The fourth-order valence-corrected chi connectivity index (χ4v) is 0.452. The van der Waals surface area contributed by atoms with Crippen LogP contribution in [-0.2, 0) is 9.47 Å². The largest absolute Gasteiger partial charge is 0.498 e. The van der Waals surface area contributed by atoms with Crippen LogP contribution in [0.25, 0.3) is 0 Å². The predicted octanol–water partition coefficient (Wildman–Crippen LogP) is 1.48. The first-order chi connectivity index (χ1) is 5.08. The summed E-state index contributed by atoms with van der Waals surface area (Å²) >= 11 is 0. The molecule has 0 bridgehead atoms. The quantitative estimate of drug-likeness (QED) is 0.470. The molecule has 5 heteroatoms. The van der Waals surface area contributed by atoms with Gasteiger partial charge in [0.25, 0.3) is 0 Å². The molecule has 1 saturated heterocycles. The van der Waals surface area contributed by atoms with E-state index in [2.05, 4.69) is 4.74 Å². The number of alkyl halides is 3. The lowest BCUT2D eigenvalue weighted by molar-refractivity contribution is -0.0817. The van der Waals surface area contributed by atoms with E-state index in [-0.39, 0.29) is 18.8 Å². The lowest BCUT2D eigenvalue weighted by atomic mass is 10.5. The van der Waals surface area contributed by atoms with Crippen molar-refractivity contribution >= 4 is 0 Å². The van der Waals surface area contributed by atoms with Crippen LogP contribution in [0.3, 0.4) is 0 Å². The second-order valence-electron chi connectivity index (χ2n) is 2.13. The Morgan fingerprint density at radius 2 is 2.18 bits per heavy atom. The van der Waals surface area contributed by atoms with E-state index >= 15 is 0 Å². The third kappa shape index (κ3) is 4.66. The number of hydrogen-bond acceptors (Lipinski definition) is 2. The van der Waals surface area contributed by atoms with Crippen LogP contribution < -0.4 is 0 Å². The molecule has 1 unspecified atom stereocenters. The van der Waals surface area contributed by atoms with Crippen molar-refractivity contribution in [2.24, 2.45) is 0 Å². The van der Waals surface area contributed by atoms with Crippen LogP contribution in [0.2, 0.25) is 0 Å². The smallest absolute Gasteiger partial charge is 0.412 e. The average molecular weight is 168 g/mol. The molecule has 1 heterocycles. The fourth-order valence-electron chi connectivity index (χ4n) is 0.452. The summed E-state index contributed by atoms with van der Waals surface area (Å²) in [6.07, 6.45) is -3.60. The minimum absolute atomic E-state index is 0.00659. The fraction of sp³-hybridized carbons (Fsp3) is 0.667. The van der Waals surface area contributed by atoms with Crippen molar-refractivity contribution in [3.05, 3.63) is 12.3 Å². The molecule has 0 saturated carbocycles. The van der Waals surface area contributed by atoms with E-state index in [4.69, 9.17) is 4.74 Å². The van der Waals surface area contributed by atoms with Gasteiger partial charge in [0.05, 0.1) is 18.9 Å². The van der Waals surface area contributed by atoms with Crippen molar-refractivity contribution in [3.63, 3.8) is 0 Å². The molecule has 64 valence electrons. The Hall–Kier alpha value is -0.710. The lowest BCUT2D eigenvalue weighted by Crippen LogP contribution is -2.02. The van der Waals surface area contributed by atoms with E-state index in [1.54, 1.807) is 0 Å². The van der Waals surface area contributed by atoms with Crippen LogP contribution in [0, 0.1) is 0 Å². The maximum Gasteiger partial charge on any atom is 0.412 e. The zero-order chi connectivity index (χ0) is 8.32. The van der Waals surface area contributed by atoms with Gasteiger partial charge in [0.15, 0.2) is 0 Å². The summed E-state index contributed by atoms with van der Waals surface area (Å²) in [5.41, 5.74) is 0. The summed E-state index contributed by atoms with van der Waals surface area (Å²) in [5, 5.41) is 0. The van der Waals surface area contributed by atoms with Gasteiger partial charge in [0.1, 0.15) is 12.7 Å². The number of halogens is 3. The molecule has 0 amide bonds. The molecule has 1 rings (SSSR count). The lowest BCUT2D eigenvalue weighted by Gasteiger charge is -1.98. The molecule has 0 aromatic carbocycles. The summed E-state index contributed by atoms with van der Waals surface area (Å²) in [7, 11) is 0. The first-order valence-electron chi connectivity index (χ1n) is 3.05. The van der Waals surface area contributed by atoms with Crippen LogP contribution >= 0.6 is 0 Å². The van der Waals surface area contributed by atoms with Crippen molar-refractivity contribution in [3.8, 4) is 0 Å². The van der Waals surface area contributed by atoms with Crippen molar-refractivity contribution in [2.75, 3.05) is 13.2 Å². The molecule has 0 aromatic heterocycles. The Morgan fingerprint density at radius 3 is 2.64 bits per heavy atom. The van der Waals surface area contributed by atoms with Crippen molar-refractivity contribution in [1.29, 1.82) is 0 Å². The van der Waals surface area contributed by atoms with E-state index in [0.717, 1.165) is 0 Å². The third-order valence-corrected chi connectivity index (χ3v) is 1.04. The minimum Gasteiger partial charge on any atom is -0.498 e. The minimum atomic E-state index is -4.29. The van der Waals surface area contributed by atoms with Gasteiger partial charge < -0.3 is 9.47 Å². The molecule has 0 aromatic rings. The van der Waals surface area contributed by atoms with Gasteiger partial charge in [-0.3, -0.25) is 0 Å². The summed E-state index contributed by atoms with van der Waals surface area (Å²) in [6, 6.07) is 0. The number of ether oxygens (including phenoxy) is 2. The Labute approximate surface area is 61.6 Å². The van der Waals surface area contributed by atoms with Gasteiger partial charge in [-0.25, -0.2) is 0 Å². The maximum atomic E-state index is 11.4. The standard InChI is InChI=1S/C6H7F3O2/c7-6(8,9)1-2-10-3-5-4-11-5/h1-2,5H,3-4H2/b2-1+. The molecule has 0 aliphatic carbocycles. The molecular formula is C6H7F3O2. The Kier molecular flexibility index (Phi) is 2.38. The normalized spacial score (nSPS) is 24.1. The Balaban J connectivity index is 2.04. The van der Waals surface area contributed by atoms with Gasteiger partial charge in [0.2, 0.25) is 0 Å². The number of epoxide rings is 1. The average Bonchev–Trinajstić information content (AvgIpc) is 2.60. The van der Waals surface area contributed by atoms with Gasteiger partial charge >= 0.3 is 6.18 Å². The molecule has 1 aliphatic rings. The van der Waals surface area contributed by atoms with Crippen molar-refractivity contribution < 1.29 is 22.6 Å². The molecule has 1 aliphatic heterocycles. The Bertz CT molecular complexity index is 148. The summed E-state index contributed by atoms with van der Waals surface area (Å²) in [6.45, 7) is 0.784. The molecule has 0 spiro atoms. The highest BCUT2D eigenvalue weighted by molar-refractivity contribution is 4.83. The van der Waals surface area contributed by atoms with Gasteiger partial charge in [-0.2, -0.15) is 13.2 Å². The molecule has 1 fully saturated rings. The number of allylic oxidation sites excluding steroid dienone is 1. The zero-order valence-electron chi connectivity index (χ0n) is 5.60. The second kappa shape index (κ2) is 3.13. The van der Waals surface area contributed by atoms with E-state index in [9.17, 15) is 13.2 Å². The number of rotatable bonds is 3. The first-order valence-corrected chi connectivity index (χ1v) is 3.05. The molecule has 2 nitrogen and oxygen atoms in total. The first kappa shape index (κ1) is 8.39. The van der Waals surface area contributed by atoms with Crippen LogP contribution in [0.15, 0.2) is 12.3 Å². The SMILES string of the molecule is FC(F)(F)/C=C/OCC1CO1. The molecule has 1 atom stereocenters. The summed E-state index contributed by atoms with van der Waals surface area (Å²) in [5.74, 6) is 0. The van der Waals surface area contributed by atoms with Crippen molar-refractivity contribution in [2.45, 2.75) is 12.3 Å². The van der Waals surface area contributed by atoms with Crippen LogP contribution in [0.1, 0.15) is 0 Å². The van der Waals surface area contributed by atoms with E-state index in [1.165, 1.54) is 0 Å². The van der Waals surface area contributed by atoms with Gasteiger partial charge in [0, 0.05) is 0 Å². The van der Waals surface area contributed by atoms with Crippen LogP contribution in [-0.4, -0.2) is 25.5 Å². The van der Waals surface area contributed by atoms with Crippen LogP contribution in [0.4, 0.5) is 13.2 Å². The van der Waals surface area contributed by atoms with E-state index in [1.807, 2.05) is 0 Å². The number of hydrogen-bond donors (Lipinski definition) is 0. The second-order valence-corrected chi connectivity index (χ2v) is 2.13. The van der Waals surface area contributed by atoms with E-state index in [0.29, 0.717) is 12.9 Å². The highest BCUT2D eigenvalue weighted by atomic mass is 19.4. The summed E-state index contributed by atoms with van der Waals surface area (Å²) in [4.78, 5) is 0. The molecule has 11 heavy (non-hydrogen) atoms. The van der Waals surface area contributed by atoms with Gasteiger partial charge in [-0.1, -0.05) is 0 Å². The van der Waals surface area contributed by atoms with Gasteiger partial charge in [-0.05, 0) is 0 Å². The van der Waals surface area contributed by atoms with Crippen molar-refractivity contribution in [1.82, 2.24) is 0 Å². The molecule has 0 N–H and O–H groups in total.